The van der Waals surface area contributed by atoms with Crippen LogP contribution >= 0.6 is 0 Å². The number of methoxy groups -OCH3 is 2. The van der Waals surface area contributed by atoms with Crippen molar-refractivity contribution in [2.75, 3.05) is 20.0 Å². The Kier molecular flexibility index (Phi) is 9.99. The first-order valence-corrected chi connectivity index (χ1v) is 10.4. The SMILES string of the molecule is CCCCCCCCCS(=O)(=O)N/N=C/c1ccc(OC)c(OC)c1. The number of rotatable bonds is 13. The summed E-state index contributed by atoms with van der Waals surface area (Å²) < 4.78 is 34.2. The number of benzene rings is 1. The van der Waals surface area contributed by atoms with E-state index in [1.165, 1.54) is 31.9 Å². The third-order valence-corrected chi connectivity index (χ3v) is 5.04. The Morgan fingerprint density at radius 2 is 1.64 bits per heavy atom. The number of hydrazone groups is 1. The minimum Gasteiger partial charge on any atom is -0.493 e. The van der Waals surface area contributed by atoms with Crippen molar-refractivity contribution in [1.29, 1.82) is 0 Å². The summed E-state index contributed by atoms with van der Waals surface area (Å²) in [4.78, 5) is 2.25. The largest absolute Gasteiger partial charge is 0.493 e. The minimum atomic E-state index is -3.38. The summed E-state index contributed by atoms with van der Waals surface area (Å²) in [6.07, 6.45) is 9.02. The third kappa shape index (κ3) is 8.77. The molecule has 0 saturated carbocycles. The number of hydrogen-bond acceptors (Lipinski definition) is 5. The van der Waals surface area contributed by atoms with Crippen molar-refractivity contribution >= 4 is 16.2 Å². The van der Waals surface area contributed by atoms with Crippen LogP contribution in [0, 0.1) is 0 Å². The van der Waals surface area contributed by atoms with Crippen LogP contribution in [0.1, 0.15) is 57.4 Å². The molecule has 1 N–H and O–H groups in total. The molecule has 0 fully saturated rings. The van der Waals surface area contributed by atoms with Gasteiger partial charge in [-0.3, -0.25) is 0 Å². The van der Waals surface area contributed by atoms with E-state index in [1.54, 1.807) is 32.4 Å². The van der Waals surface area contributed by atoms with E-state index in [9.17, 15) is 8.42 Å². The molecule has 0 saturated heterocycles. The Hall–Kier alpha value is -1.76. The van der Waals surface area contributed by atoms with Crippen molar-refractivity contribution in [2.24, 2.45) is 5.10 Å². The molecule has 1 rings (SSSR count). The van der Waals surface area contributed by atoms with Gasteiger partial charge in [0.25, 0.3) is 0 Å². The summed E-state index contributed by atoms with van der Waals surface area (Å²) >= 11 is 0. The highest BCUT2D eigenvalue weighted by Gasteiger charge is 2.08. The van der Waals surface area contributed by atoms with Gasteiger partial charge in [0.15, 0.2) is 11.5 Å². The zero-order valence-corrected chi connectivity index (χ0v) is 16.3. The molecule has 0 heterocycles. The van der Waals surface area contributed by atoms with E-state index in [1.807, 2.05) is 0 Å². The second-order valence-corrected chi connectivity index (χ2v) is 7.72. The number of sulfonamides is 1. The van der Waals surface area contributed by atoms with Gasteiger partial charge in [0.05, 0.1) is 26.2 Å². The Morgan fingerprint density at radius 3 is 2.28 bits per heavy atom. The lowest BCUT2D eigenvalue weighted by Gasteiger charge is -2.07. The lowest BCUT2D eigenvalue weighted by Crippen LogP contribution is -2.21. The molecule has 0 unspecified atom stereocenters. The van der Waals surface area contributed by atoms with Crippen LogP contribution in [0.25, 0.3) is 0 Å². The Bertz CT molecular complexity index is 630. The molecule has 1 aromatic rings. The molecule has 0 spiro atoms. The highest BCUT2D eigenvalue weighted by molar-refractivity contribution is 7.89. The normalized spacial score (nSPS) is 11.6. The van der Waals surface area contributed by atoms with Crippen molar-refractivity contribution in [1.82, 2.24) is 4.83 Å². The number of ether oxygens (including phenoxy) is 2. The third-order valence-electron chi connectivity index (χ3n) is 3.83. The van der Waals surface area contributed by atoms with E-state index in [4.69, 9.17) is 9.47 Å². The maximum atomic E-state index is 11.9. The molecule has 25 heavy (non-hydrogen) atoms. The fourth-order valence-electron chi connectivity index (χ4n) is 2.41. The van der Waals surface area contributed by atoms with Gasteiger partial charge in [0, 0.05) is 0 Å². The molecule has 0 aliphatic carbocycles. The Balaban J connectivity index is 2.38. The molecule has 7 heteroatoms. The smallest absolute Gasteiger partial charge is 0.247 e. The monoisotopic (exact) mass is 370 g/mol. The minimum absolute atomic E-state index is 0.101. The van der Waals surface area contributed by atoms with E-state index in [0.29, 0.717) is 17.9 Å². The zero-order valence-electron chi connectivity index (χ0n) is 15.5. The number of unbranched alkanes of at least 4 members (excludes halogenated alkanes) is 6. The van der Waals surface area contributed by atoms with Crippen molar-refractivity contribution in [3.8, 4) is 11.5 Å². The van der Waals surface area contributed by atoms with Gasteiger partial charge in [-0.15, -0.1) is 0 Å². The van der Waals surface area contributed by atoms with E-state index in [0.717, 1.165) is 18.4 Å². The molecular weight excluding hydrogens is 340 g/mol. The number of nitrogens with zero attached hydrogens (tertiary/aromatic N) is 1. The molecule has 0 aromatic heterocycles. The Morgan fingerprint density at radius 1 is 1.00 bits per heavy atom. The first kappa shape index (κ1) is 21.3. The second kappa shape index (κ2) is 11.7. The molecule has 142 valence electrons. The van der Waals surface area contributed by atoms with Crippen molar-refractivity contribution in [3.05, 3.63) is 23.8 Å². The highest BCUT2D eigenvalue weighted by atomic mass is 32.2. The standard InChI is InChI=1S/C18H30N2O4S/c1-4-5-6-7-8-9-10-13-25(21,22)20-19-15-16-11-12-17(23-2)18(14-16)24-3/h11-12,14-15,20H,4-10,13H2,1-3H3/b19-15+. The molecule has 0 aliphatic heterocycles. The van der Waals surface area contributed by atoms with Gasteiger partial charge in [-0.25, -0.2) is 13.2 Å². The van der Waals surface area contributed by atoms with E-state index in [2.05, 4.69) is 16.9 Å². The van der Waals surface area contributed by atoms with Gasteiger partial charge < -0.3 is 9.47 Å². The maximum Gasteiger partial charge on any atom is 0.247 e. The second-order valence-electron chi connectivity index (χ2n) is 5.90. The molecule has 0 aliphatic rings. The molecule has 0 amide bonds. The fourth-order valence-corrected chi connectivity index (χ4v) is 3.30. The van der Waals surface area contributed by atoms with Crippen LogP contribution in [0.15, 0.2) is 23.3 Å². The van der Waals surface area contributed by atoms with Crippen LogP contribution in [-0.4, -0.2) is 34.6 Å². The average molecular weight is 371 g/mol. The van der Waals surface area contributed by atoms with Crippen LogP contribution in [0.3, 0.4) is 0 Å². The van der Waals surface area contributed by atoms with Gasteiger partial charge in [-0.05, 0) is 30.2 Å². The maximum absolute atomic E-state index is 11.9. The first-order chi connectivity index (χ1) is 12.0. The molecular formula is C18H30N2O4S. The summed E-state index contributed by atoms with van der Waals surface area (Å²) in [6.45, 7) is 2.18. The summed E-state index contributed by atoms with van der Waals surface area (Å²) in [5.41, 5.74) is 0.719. The predicted octanol–water partition coefficient (Wildman–Crippen LogP) is 3.71. The van der Waals surface area contributed by atoms with Crippen molar-refractivity contribution in [2.45, 2.75) is 51.9 Å². The number of nitrogens with one attached hydrogen (secondary N) is 1. The fraction of sp³-hybridized carbons (Fsp3) is 0.611. The van der Waals surface area contributed by atoms with E-state index >= 15 is 0 Å². The molecule has 0 radical (unpaired) electrons. The molecule has 0 bridgehead atoms. The Labute approximate surface area is 151 Å². The summed E-state index contributed by atoms with van der Waals surface area (Å²) in [5, 5.41) is 3.82. The highest BCUT2D eigenvalue weighted by Crippen LogP contribution is 2.26. The van der Waals surface area contributed by atoms with Crippen molar-refractivity contribution in [3.63, 3.8) is 0 Å². The van der Waals surface area contributed by atoms with Gasteiger partial charge in [0.2, 0.25) is 10.0 Å². The topological polar surface area (TPSA) is 77.0 Å². The van der Waals surface area contributed by atoms with Crippen LogP contribution in [0.5, 0.6) is 11.5 Å². The van der Waals surface area contributed by atoms with E-state index in [-0.39, 0.29) is 5.75 Å². The lowest BCUT2D eigenvalue weighted by atomic mass is 10.1. The first-order valence-electron chi connectivity index (χ1n) is 8.77. The molecule has 0 atom stereocenters. The van der Waals surface area contributed by atoms with Crippen molar-refractivity contribution < 1.29 is 17.9 Å². The molecule has 6 nitrogen and oxygen atoms in total. The van der Waals surface area contributed by atoms with Gasteiger partial charge >= 0.3 is 0 Å². The quantitative estimate of drug-likeness (QED) is 0.326. The zero-order chi connectivity index (χ0) is 18.5. The van der Waals surface area contributed by atoms with Crippen LogP contribution < -0.4 is 14.3 Å². The van der Waals surface area contributed by atoms with Crippen LogP contribution in [-0.2, 0) is 10.0 Å². The predicted molar refractivity (Wildman–Crippen MR) is 102 cm³/mol. The summed E-state index contributed by atoms with van der Waals surface area (Å²) in [7, 11) is -0.277. The van der Waals surface area contributed by atoms with Gasteiger partial charge in [-0.2, -0.15) is 5.10 Å². The summed E-state index contributed by atoms with van der Waals surface area (Å²) in [6, 6.07) is 5.25. The number of hydrogen-bond donors (Lipinski definition) is 1. The summed E-state index contributed by atoms with van der Waals surface area (Å²) in [5.74, 6) is 1.28. The average Bonchev–Trinajstić information content (AvgIpc) is 2.60. The van der Waals surface area contributed by atoms with E-state index < -0.39 is 10.0 Å². The van der Waals surface area contributed by atoms with Crippen LogP contribution in [0.2, 0.25) is 0 Å². The van der Waals surface area contributed by atoms with Gasteiger partial charge in [0.1, 0.15) is 0 Å². The molecule has 1 aromatic carbocycles. The van der Waals surface area contributed by atoms with Gasteiger partial charge in [-0.1, -0.05) is 45.4 Å². The van der Waals surface area contributed by atoms with Crippen LogP contribution in [0.4, 0.5) is 0 Å². The lowest BCUT2D eigenvalue weighted by molar-refractivity contribution is 0.355.